The molecule has 1 atom stereocenters. The number of fused-ring (bicyclic) bond motifs is 1. The molecule has 1 aliphatic heterocycles. The first kappa shape index (κ1) is 14.1. The van der Waals surface area contributed by atoms with E-state index in [1.165, 1.54) is 6.07 Å². The van der Waals surface area contributed by atoms with Crippen molar-refractivity contribution in [3.8, 4) is 0 Å². The summed E-state index contributed by atoms with van der Waals surface area (Å²) >= 11 is 3.13. The summed E-state index contributed by atoms with van der Waals surface area (Å²) in [6, 6.07) is 10.5. The minimum absolute atomic E-state index is 0.156. The Hall–Kier alpha value is -1.88. The smallest absolute Gasteiger partial charge is 0.247 e. The highest BCUT2D eigenvalue weighted by Gasteiger charge is 2.26. The average Bonchev–Trinajstić information content (AvgIpc) is 2.88. The van der Waals surface area contributed by atoms with Crippen LogP contribution in [-0.4, -0.2) is 11.9 Å². The van der Waals surface area contributed by atoms with Crippen molar-refractivity contribution in [2.75, 3.05) is 10.6 Å². The number of amides is 1. The van der Waals surface area contributed by atoms with Crippen LogP contribution in [0, 0.1) is 12.7 Å². The number of aryl methyl sites for hydroxylation is 1. The van der Waals surface area contributed by atoms with Crippen molar-refractivity contribution in [3.63, 3.8) is 0 Å². The number of hydrogen-bond acceptors (Lipinski definition) is 2. The van der Waals surface area contributed by atoms with E-state index in [4.69, 9.17) is 0 Å². The SMILES string of the molecule is Cc1cc(Br)c(F)cc1NC(=O)C1Cc2ccccc2N1. The highest BCUT2D eigenvalue weighted by molar-refractivity contribution is 9.10. The molecular formula is C16H14BrFN2O. The van der Waals surface area contributed by atoms with Crippen LogP contribution in [0.5, 0.6) is 0 Å². The summed E-state index contributed by atoms with van der Waals surface area (Å²) in [6.07, 6.45) is 0.639. The number of rotatable bonds is 2. The molecule has 0 fully saturated rings. The molecule has 5 heteroatoms. The molecule has 2 N–H and O–H groups in total. The Balaban J connectivity index is 1.75. The Morgan fingerprint density at radius 3 is 2.90 bits per heavy atom. The van der Waals surface area contributed by atoms with Gasteiger partial charge in [-0.3, -0.25) is 4.79 Å². The van der Waals surface area contributed by atoms with Crippen molar-refractivity contribution < 1.29 is 9.18 Å². The normalized spacial score (nSPS) is 16.2. The van der Waals surface area contributed by atoms with Gasteiger partial charge in [-0.25, -0.2) is 4.39 Å². The minimum atomic E-state index is -0.390. The zero-order chi connectivity index (χ0) is 15.0. The second kappa shape index (κ2) is 5.48. The van der Waals surface area contributed by atoms with Crippen LogP contribution < -0.4 is 10.6 Å². The Labute approximate surface area is 130 Å². The van der Waals surface area contributed by atoms with Crippen LogP contribution in [-0.2, 0) is 11.2 Å². The number of carbonyl (C=O) groups is 1. The topological polar surface area (TPSA) is 41.1 Å². The Morgan fingerprint density at radius 1 is 1.38 bits per heavy atom. The molecule has 108 valence electrons. The number of benzene rings is 2. The standard InChI is InChI=1S/C16H14BrFN2O/c1-9-6-11(17)12(18)8-14(9)20-16(21)15-7-10-4-2-3-5-13(10)19-15/h2-6,8,15,19H,7H2,1H3,(H,20,21). The van der Waals surface area contributed by atoms with Crippen molar-refractivity contribution in [3.05, 3.63) is 57.8 Å². The molecular weight excluding hydrogens is 335 g/mol. The molecule has 0 spiro atoms. The van der Waals surface area contributed by atoms with Crippen molar-refractivity contribution in [2.45, 2.75) is 19.4 Å². The predicted octanol–water partition coefficient (Wildman–Crippen LogP) is 3.87. The zero-order valence-corrected chi connectivity index (χ0v) is 13.0. The molecule has 0 bridgehead atoms. The van der Waals surface area contributed by atoms with Crippen LogP contribution in [0.15, 0.2) is 40.9 Å². The van der Waals surface area contributed by atoms with E-state index in [-0.39, 0.29) is 11.9 Å². The van der Waals surface area contributed by atoms with Gasteiger partial charge in [0, 0.05) is 17.8 Å². The second-order valence-electron chi connectivity index (χ2n) is 5.13. The summed E-state index contributed by atoms with van der Waals surface area (Å²) < 4.78 is 14.0. The van der Waals surface area contributed by atoms with E-state index in [0.29, 0.717) is 16.6 Å². The lowest BCUT2D eigenvalue weighted by Crippen LogP contribution is -2.33. The summed E-state index contributed by atoms with van der Waals surface area (Å²) in [5.41, 5.74) is 3.42. The molecule has 2 aromatic rings. The van der Waals surface area contributed by atoms with Gasteiger partial charge in [0.15, 0.2) is 0 Å². The molecule has 0 aliphatic carbocycles. The fraction of sp³-hybridized carbons (Fsp3) is 0.188. The van der Waals surface area contributed by atoms with E-state index in [0.717, 1.165) is 16.8 Å². The molecule has 0 saturated heterocycles. The summed E-state index contributed by atoms with van der Waals surface area (Å²) in [5.74, 6) is -0.547. The first-order valence-electron chi connectivity index (χ1n) is 6.65. The molecule has 3 rings (SSSR count). The number of hydrogen-bond donors (Lipinski definition) is 2. The molecule has 1 amide bonds. The van der Waals surface area contributed by atoms with E-state index < -0.39 is 5.82 Å². The molecule has 2 aromatic carbocycles. The Bertz CT molecular complexity index is 692. The molecule has 1 aliphatic rings. The number of para-hydroxylation sites is 1. The maximum atomic E-state index is 13.6. The quantitative estimate of drug-likeness (QED) is 0.864. The van der Waals surface area contributed by atoms with Gasteiger partial charge < -0.3 is 10.6 Å². The van der Waals surface area contributed by atoms with Gasteiger partial charge in [-0.05, 0) is 52.2 Å². The van der Waals surface area contributed by atoms with Crippen LogP contribution in [0.3, 0.4) is 0 Å². The highest BCUT2D eigenvalue weighted by Crippen LogP contribution is 2.27. The van der Waals surface area contributed by atoms with Gasteiger partial charge in [0.25, 0.3) is 0 Å². The van der Waals surface area contributed by atoms with Crippen LogP contribution in [0.4, 0.5) is 15.8 Å². The van der Waals surface area contributed by atoms with E-state index in [9.17, 15) is 9.18 Å². The maximum Gasteiger partial charge on any atom is 0.247 e. The molecule has 1 heterocycles. The number of anilines is 2. The number of halogens is 2. The Kier molecular flexibility index (Phi) is 3.68. The van der Waals surface area contributed by atoms with Crippen molar-refractivity contribution in [1.29, 1.82) is 0 Å². The van der Waals surface area contributed by atoms with E-state index >= 15 is 0 Å². The molecule has 3 nitrogen and oxygen atoms in total. The first-order chi connectivity index (χ1) is 10.0. The minimum Gasteiger partial charge on any atom is -0.373 e. The van der Waals surface area contributed by atoms with Crippen LogP contribution >= 0.6 is 15.9 Å². The van der Waals surface area contributed by atoms with E-state index in [2.05, 4.69) is 26.6 Å². The van der Waals surface area contributed by atoms with Gasteiger partial charge in [-0.1, -0.05) is 18.2 Å². The lowest BCUT2D eigenvalue weighted by molar-refractivity contribution is -0.116. The van der Waals surface area contributed by atoms with Gasteiger partial charge in [0.1, 0.15) is 11.9 Å². The predicted molar refractivity (Wildman–Crippen MR) is 85.0 cm³/mol. The van der Waals surface area contributed by atoms with E-state index in [1.54, 1.807) is 6.07 Å². The third-order valence-corrected chi connectivity index (χ3v) is 4.22. The summed E-state index contributed by atoms with van der Waals surface area (Å²) in [4.78, 5) is 12.3. The molecule has 1 unspecified atom stereocenters. The van der Waals surface area contributed by atoms with Gasteiger partial charge in [-0.2, -0.15) is 0 Å². The summed E-state index contributed by atoms with van der Waals surface area (Å²) in [5, 5.41) is 5.98. The first-order valence-corrected chi connectivity index (χ1v) is 7.45. The molecule has 0 radical (unpaired) electrons. The lowest BCUT2D eigenvalue weighted by atomic mass is 10.1. The van der Waals surface area contributed by atoms with Gasteiger partial charge in [-0.15, -0.1) is 0 Å². The fourth-order valence-corrected chi connectivity index (χ4v) is 2.91. The van der Waals surface area contributed by atoms with Gasteiger partial charge in [0.05, 0.1) is 4.47 Å². The van der Waals surface area contributed by atoms with Crippen molar-refractivity contribution in [1.82, 2.24) is 0 Å². The maximum absolute atomic E-state index is 13.6. The van der Waals surface area contributed by atoms with Crippen LogP contribution in [0.2, 0.25) is 0 Å². The fourth-order valence-electron chi connectivity index (χ4n) is 2.46. The van der Waals surface area contributed by atoms with Crippen LogP contribution in [0.1, 0.15) is 11.1 Å². The van der Waals surface area contributed by atoms with Crippen LogP contribution in [0.25, 0.3) is 0 Å². The second-order valence-corrected chi connectivity index (χ2v) is 5.98. The van der Waals surface area contributed by atoms with Crippen molar-refractivity contribution in [2.24, 2.45) is 0 Å². The molecule has 21 heavy (non-hydrogen) atoms. The summed E-state index contributed by atoms with van der Waals surface area (Å²) in [7, 11) is 0. The van der Waals surface area contributed by atoms with Crippen molar-refractivity contribution >= 4 is 33.2 Å². The zero-order valence-electron chi connectivity index (χ0n) is 11.4. The highest BCUT2D eigenvalue weighted by atomic mass is 79.9. The number of nitrogens with one attached hydrogen (secondary N) is 2. The third-order valence-electron chi connectivity index (χ3n) is 3.61. The summed E-state index contributed by atoms with van der Waals surface area (Å²) in [6.45, 7) is 1.83. The largest absolute Gasteiger partial charge is 0.373 e. The Morgan fingerprint density at radius 2 is 2.14 bits per heavy atom. The van der Waals surface area contributed by atoms with Gasteiger partial charge in [0.2, 0.25) is 5.91 Å². The number of carbonyl (C=O) groups excluding carboxylic acids is 1. The third kappa shape index (κ3) is 2.78. The average molecular weight is 349 g/mol. The lowest BCUT2D eigenvalue weighted by Gasteiger charge is -2.14. The van der Waals surface area contributed by atoms with E-state index in [1.807, 2.05) is 31.2 Å². The van der Waals surface area contributed by atoms with Gasteiger partial charge >= 0.3 is 0 Å². The molecule has 0 aromatic heterocycles. The molecule has 0 saturated carbocycles. The monoisotopic (exact) mass is 348 g/mol.